The standard InChI is InChI=1S/C19H18N.C5H8O2.Ir/c1-12-5-6-16-7-8-20-19(18(16)9-12)17-10-13(2)15(4)14(3)11-17;1-4(6)3-5(2)7;/h5-10H,1-4H3;3,6H,1-2H3;/q-1;;/b;4-3-;. The van der Waals surface area contributed by atoms with Crippen molar-refractivity contribution in [1.82, 2.24) is 4.98 Å². The summed E-state index contributed by atoms with van der Waals surface area (Å²) >= 11 is 0. The van der Waals surface area contributed by atoms with Crippen LogP contribution in [0.1, 0.15) is 36.1 Å². The molecule has 0 bridgehead atoms. The van der Waals surface area contributed by atoms with E-state index >= 15 is 0 Å². The number of pyridine rings is 1. The van der Waals surface area contributed by atoms with Crippen LogP contribution in [0.25, 0.3) is 22.0 Å². The van der Waals surface area contributed by atoms with Crippen LogP contribution in [0.5, 0.6) is 0 Å². The summed E-state index contributed by atoms with van der Waals surface area (Å²) < 4.78 is 0. The van der Waals surface area contributed by atoms with Crippen molar-refractivity contribution in [3.05, 3.63) is 76.7 Å². The smallest absolute Gasteiger partial charge is 0.155 e. The molecule has 3 aromatic rings. The third-order valence-corrected chi connectivity index (χ3v) is 4.43. The molecule has 3 nitrogen and oxygen atoms in total. The van der Waals surface area contributed by atoms with Crippen LogP contribution in [0.3, 0.4) is 0 Å². The maximum Gasteiger partial charge on any atom is 0.155 e. The first-order valence-electron chi connectivity index (χ1n) is 8.92. The number of allylic oxidation sites excluding steroid dienone is 2. The molecule has 0 atom stereocenters. The fourth-order valence-electron chi connectivity index (χ4n) is 2.87. The molecule has 1 heterocycles. The number of carbonyl (C=O) groups is 1. The van der Waals surface area contributed by atoms with Crippen molar-refractivity contribution >= 4 is 16.6 Å². The second kappa shape index (κ2) is 10.3. The molecule has 0 fully saturated rings. The van der Waals surface area contributed by atoms with E-state index in [9.17, 15) is 4.79 Å². The summed E-state index contributed by atoms with van der Waals surface area (Å²) in [5.74, 6) is -0.0625. The zero-order valence-electron chi connectivity index (χ0n) is 17.2. The van der Waals surface area contributed by atoms with Gasteiger partial charge in [0.15, 0.2) is 5.78 Å². The van der Waals surface area contributed by atoms with E-state index in [1.165, 1.54) is 52.9 Å². The van der Waals surface area contributed by atoms with E-state index in [-0.39, 0.29) is 31.6 Å². The molecule has 3 rings (SSSR count). The Balaban J connectivity index is 0.000000425. The third kappa shape index (κ3) is 6.12. The number of hydrogen-bond acceptors (Lipinski definition) is 3. The molecule has 0 aliphatic rings. The Kier molecular flexibility index (Phi) is 8.74. The Bertz CT molecular complexity index is 995. The number of ketones is 1. The van der Waals surface area contributed by atoms with E-state index in [2.05, 4.69) is 69.1 Å². The third-order valence-electron chi connectivity index (χ3n) is 4.43. The summed E-state index contributed by atoms with van der Waals surface area (Å²) in [7, 11) is 0. The molecule has 1 aromatic heterocycles. The van der Waals surface area contributed by atoms with Gasteiger partial charge in [-0.3, -0.25) is 4.79 Å². The number of hydrogen-bond donors (Lipinski definition) is 1. The fourth-order valence-corrected chi connectivity index (χ4v) is 2.87. The Hall–Kier alpha value is -2.29. The molecule has 0 saturated carbocycles. The minimum Gasteiger partial charge on any atom is -0.512 e. The van der Waals surface area contributed by atoms with Crippen LogP contribution >= 0.6 is 0 Å². The van der Waals surface area contributed by atoms with Gasteiger partial charge in [0, 0.05) is 32.4 Å². The van der Waals surface area contributed by atoms with Crippen molar-refractivity contribution in [2.75, 3.05) is 0 Å². The molecule has 0 aliphatic carbocycles. The molecule has 1 N–H and O–H groups in total. The molecule has 149 valence electrons. The predicted molar refractivity (Wildman–Crippen MR) is 112 cm³/mol. The molecule has 0 amide bonds. The van der Waals surface area contributed by atoms with Crippen molar-refractivity contribution in [1.29, 1.82) is 0 Å². The predicted octanol–water partition coefficient (Wildman–Crippen LogP) is 5.97. The van der Waals surface area contributed by atoms with Crippen LogP contribution < -0.4 is 0 Å². The van der Waals surface area contributed by atoms with Crippen LogP contribution in [-0.4, -0.2) is 15.9 Å². The van der Waals surface area contributed by atoms with Crippen LogP contribution in [-0.2, 0) is 24.9 Å². The van der Waals surface area contributed by atoms with Gasteiger partial charge < -0.3 is 10.1 Å². The number of aliphatic hydroxyl groups excluding tert-OH is 1. The molecule has 0 spiro atoms. The molecule has 1 radical (unpaired) electrons. The summed E-state index contributed by atoms with van der Waals surface area (Å²) in [4.78, 5) is 14.6. The number of carbonyl (C=O) groups excluding carboxylic acids is 1. The van der Waals surface area contributed by atoms with Crippen molar-refractivity contribution in [3.63, 3.8) is 0 Å². The van der Waals surface area contributed by atoms with Gasteiger partial charge in [0.2, 0.25) is 0 Å². The van der Waals surface area contributed by atoms with Crippen LogP contribution in [0, 0.1) is 33.8 Å². The SMILES string of the molecule is CC(=O)/C=C(/C)O.Cc1ccc2ccnc(-c3[c-]c(C)c(C)c(C)c3)c2c1.[Ir]. The van der Waals surface area contributed by atoms with Gasteiger partial charge in [0.05, 0.1) is 5.76 Å². The van der Waals surface area contributed by atoms with Gasteiger partial charge >= 0.3 is 0 Å². The van der Waals surface area contributed by atoms with E-state index in [4.69, 9.17) is 5.11 Å². The minimum absolute atomic E-state index is 0. The van der Waals surface area contributed by atoms with Crippen molar-refractivity contribution < 1.29 is 30.0 Å². The van der Waals surface area contributed by atoms with Crippen LogP contribution in [0.15, 0.2) is 48.4 Å². The van der Waals surface area contributed by atoms with Crippen molar-refractivity contribution in [2.45, 2.75) is 41.5 Å². The number of aromatic nitrogens is 1. The maximum atomic E-state index is 10.0. The number of rotatable bonds is 2. The van der Waals surface area contributed by atoms with E-state index in [0.29, 0.717) is 0 Å². The molecule has 0 saturated heterocycles. The summed E-state index contributed by atoms with van der Waals surface area (Å²) in [6.45, 7) is 11.4. The number of nitrogens with zero attached hydrogens (tertiary/aromatic N) is 1. The summed E-state index contributed by atoms with van der Waals surface area (Å²) in [6, 6.07) is 14.2. The van der Waals surface area contributed by atoms with Gasteiger partial charge in [-0.1, -0.05) is 44.5 Å². The summed E-state index contributed by atoms with van der Waals surface area (Å²) in [6.07, 6.45) is 3.05. The summed E-state index contributed by atoms with van der Waals surface area (Å²) in [5.41, 5.74) is 7.17. The second-order valence-electron chi connectivity index (χ2n) is 6.90. The van der Waals surface area contributed by atoms with Gasteiger partial charge in [-0.05, 0) is 43.3 Å². The van der Waals surface area contributed by atoms with Crippen LogP contribution in [0.2, 0.25) is 0 Å². The zero-order valence-corrected chi connectivity index (χ0v) is 19.6. The van der Waals surface area contributed by atoms with Gasteiger partial charge in [0.1, 0.15) is 0 Å². The molecule has 28 heavy (non-hydrogen) atoms. The Morgan fingerprint density at radius 2 is 1.75 bits per heavy atom. The van der Waals surface area contributed by atoms with E-state index < -0.39 is 0 Å². The van der Waals surface area contributed by atoms with Gasteiger partial charge in [-0.15, -0.1) is 34.4 Å². The van der Waals surface area contributed by atoms with Crippen molar-refractivity contribution in [2.24, 2.45) is 0 Å². The first-order valence-corrected chi connectivity index (χ1v) is 8.92. The number of fused-ring (bicyclic) bond motifs is 1. The van der Waals surface area contributed by atoms with Crippen LogP contribution in [0.4, 0.5) is 0 Å². The quantitative estimate of drug-likeness (QED) is 0.242. The number of benzene rings is 2. The fraction of sp³-hybridized carbons (Fsp3) is 0.250. The Morgan fingerprint density at radius 3 is 2.29 bits per heavy atom. The van der Waals surface area contributed by atoms with E-state index in [1.807, 2.05) is 6.20 Å². The normalized spacial score (nSPS) is 10.7. The maximum absolute atomic E-state index is 10.0. The monoisotopic (exact) mass is 553 g/mol. The molecule has 4 heteroatoms. The van der Waals surface area contributed by atoms with Gasteiger partial charge in [-0.2, -0.15) is 0 Å². The molecule has 0 unspecified atom stereocenters. The van der Waals surface area contributed by atoms with E-state index in [1.54, 1.807) is 0 Å². The topological polar surface area (TPSA) is 50.2 Å². The Morgan fingerprint density at radius 1 is 1.07 bits per heavy atom. The zero-order chi connectivity index (χ0) is 20.1. The molecule has 0 aliphatic heterocycles. The first-order chi connectivity index (χ1) is 12.7. The minimum atomic E-state index is -0.125. The molecular formula is C24H26IrNO2-. The van der Waals surface area contributed by atoms with Gasteiger partial charge in [-0.25, -0.2) is 0 Å². The van der Waals surface area contributed by atoms with Gasteiger partial charge in [0.25, 0.3) is 0 Å². The average molecular weight is 553 g/mol. The number of aryl methyl sites for hydroxylation is 3. The Labute approximate surface area is 180 Å². The molecular weight excluding hydrogens is 526 g/mol. The average Bonchev–Trinajstić information content (AvgIpc) is 2.58. The second-order valence-corrected chi connectivity index (χ2v) is 6.90. The summed E-state index contributed by atoms with van der Waals surface area (Å²) in [5, 5.41) is 10.8. The first kappa shape index (κ1) is 23.7. The van der Waals surface area contributed by atoms with E-state index in [0.717, 1.165) is 11.3 Å². The number of aliphatic hydroxyl groups is 1. The van der Waals surface area contributed by atoms with Crippen molar-refractivity contribution in [3.8, 4) is 11.3 Å². The molecule has 2 aromatic carbocycles. The largest absolute Gasteiger partial charge is 0.512 e.